The van der Waals surface area contributed by atoms with Crippen LogP contribution in [0.4, 0.5) is 0 Å². The summed E-state index contributed by atoms with van der Waals surface area (Å²) in [6.45, 7) is -0.0408. The smallest absolute Gasteiger partial charge is 0.155 e. The van der Waals surface area contributed by atoms with Gasteiger partial charge in [-0.05, 0) is 24.3 Å². The van der Waals surface area contributed by atoms with Crippen LogP contribution in [0.15, 0.2) is 71.3 Å². The van der Waals surface area contributed by atoms with Crippen molar-refractivity contribution in [1.29, 1.82) is 0 Å². The van der Waals surface area contributed by atoms with Crippen molar-refractivity contribution in [2.75, 3.05) is 0 Å². The predicted octanol–water partition coefficient (Wildman–Crippen LogP) is 3.78. The second-order valence-corrected chi connectivity index (χ2v) is 5.09. The predicted molar refractivity (Wildman–Crippen MR) is 84.7 cm³/mol. The summed E-state index contributed by atoms with van der Waals surface area (Å²) in [5, 5.41) is 14.9. The zero-order valence-electron chi connectivity index (χ0n) is 11.8. The molecule has 0 bridgehead atoms. The molecule has 2 aromatic heterocycles. The minimum atomic E-state index is -0.0408. The summed E-state index contributed by atoms with van der Waals surface area (Å²) >= 11 is 0. The zero-order valence-corrected chi connectivity index (χ0v) is 11.8. The third-order valence-electron chi connectivity index (χ3n) is 3.66. The standard InChI is InChI=1S/C18H14N2O2/c21-11-13-10-17(22-12-13)18-15-8-4-5-9-16(15)20(19-18)14-6-2-1-3-7-14/h1-10,12,21H,11H2. The zero-order chi connectivity index (χ0) is 14.9. The van der Waals surface area contributed by atoms with Gasteiger partial charge in [0.15, 0.2) is 5.76 Å². The van der Waals surface area contributed by atoms with Gasteiger partial charge in [0.1, 0.15) is 5.69 Å². The SMILES string of the molecule is OCc1coc(-c2nn(-c3ccccc3)c3ccccc23)c1. The van der Waals surface area contributed by atoms with Crippen molar-refractivity contribution in [1.82, 2.24) is 9.78 Å². The van der Waals surface area contributed by atoms with Gasteiger partial charge in [-0.15, -0.1) is 0 Å². The molecule has 0 aliphatic rings. The number of nitrogens with zero attached hydrogens (tertiary/aromatic N) is 2. The van der Waals surface area contributed by atoms with E-state index in [4.69, 9.17) is 9.52 Å². The molecule has 0 saturated carbocycles. The van der Waals surface area contributed by atoms with Crippen molar-refractivity contribution in [3.63, 3.8) is 0 Å². The number of fused-ring (bicyclic) bond motifs is 1. The Morgan fingerprint density at radius 2 is 1.77 bits per heavy atom. The fourth-order valence-electron chi connectivity index (χ4n) is 2.60. The van der Waals surface area contributed by atoms with Crippen LogP contribution in [0.5, 0.6) is 0 Å². The monoisotopic (exact) mass is 290 g/mol. The molecule has 4 aromatic rings. The molecule has 4 rings (SSSR count). The lowest BCUT2D eigenvalue weighted by molar-refractivity contribution is 0.280. The number of hydrogen-bond acceptors (Lipinski definition) is 3. The summed E-state index contributed by atoms with van der Waals surface area (Å²) < 4.78 is 7.47. The van der Waals surface area contributed by atoms with Crippen LogP contribution in [-0.4, -0.2) is 14.9 Å². The Kier molecular flexibility index (Phi) is 3.02. The number of rotatable bonds is 3. The van der Waals surface area contributed by atoms with E-state index in [-0.39, 0.29) is 6.61 Å². The molecule has 0 saturated heterocycles. The highest BCUT2D eigenvalue weighted by Crippen LogP contribution is 2.30. The van der Waals surface area contributed by atoms with E-state index in [9.17, 15) is 5.11 Å². The molecule has 0 amide bonds. The number of furan rings is 1. The van der Waals surface area contributed by atoms with Crippen LogP contribution in [0.3, 0.4) is 0 Å². The molecule has 4 nitrogen and oxygen atoms in total. The second kappa shape index (κ2) is 5.16. The van der Waals surface area contributed by atoms with Crippen LogP contribution in [0.25, 0.3) is 28.0 Å². The Bertz CT molecular complexity index is 923. The van der Waals surface area contributed by atoms with Gasteiger partial charge in [-0.25, -0.2) is 4.68 Å². The average Bonchev–Trinajstić information content (AvgIpc) is 3.20. The van der Waals surface area contributed by atoms with Gasteiger partial charge >= 0.3 is 0 Å². The van der Waals surface area contributed by atoms with E-state index in [1.54, 1.807) is 6.26 Å². The maximum absolute atomic E-state index is 9.21. The van der Waals surface area contributed by atoms with Crippen molar-refractivity contribution in [2.24, 2.45) is 0 Å². The third-order valence-corrected chi connectivity index (χ3v) is 3.66. The largest absolute Gasteiger partial charge is 0.462 e. The minimum absolute atomic E-state index is 0.0408. The molecule has 0 spiro atoms. The van der Waals surface area contributed by atoms with Crippen molar-refractivity contribution < 1.29 is 9.52 Å². The molecule has 0 unspecified atom stereocenters. The number of hydrogen-bond donors (Lipinski definition) is 1. The molecular formula is C18H14N2O2. The highest BCUT2D eigenvalue weighted by molar-refractivity contribution is 5.93. The lowest BCUT2D eigenvalue weighted by Crippen LogP contribution is -1.95. The Hall–Kier alpha value is -2.85. The average molecular weight is 290 g/mol. The Morgan fingerprint density at radius 3 is 2.55 bits per heavy atom. The molecule has 0 atom stereocenters. The lowest BCUT2D eigenvalue weighted by Gasteiger charge is -2.01. The van der Waals surface area contributed by atoms with E-state index in [2.05, 4.69) is 0 Å². The Labute approximate surface area is 127 Å². The maximum Gasteiger partial charge on any atom is 0.155 e. The number of aliphatic hydroxyl groups is 1. The lowest BCUT2D eigenvalue weighted by atomic mass is 10.1. The van der Waals surface area contributed by atoms with Gasteiger partial charge in [-0.2, -0.15) is 5.10 Å². The molecule has 1 N–H and O–H groups in total. The molecule has 2 heterocycles. The first-order valence-corrected chi connectivity index (χ1v) is 7.08. The Morgan fingerprint density at radius 1 is 1.00 bits per heavy atom. The van der Waals surface area contributed by atoms with E-state index in [0.29, 0.717) is 5.76 Å². The molecule has 0 fully saturated rings. The van der Waals surface area contributed by atoms with E-state index >= 15 is 0 Å². The van der Waals surface area contributed by atoms with Gasteiger partial charge in [0, 0.05) is 10.9 Å². The van der Waals surface area contributed by atoms with Gasteiger partial charge in [0.05, 0.1) is 24.1 Å². The number of aliphatic hydroxyl groups excluding tert-OH is 1. The molecule has 4 heteroatoms. The topological polar surface area (TPSA) is 51.2 Å². The van der Waals surface area contributed by atoms with Crippen molar-refractivity contribution in [2.45, 2.75) is 6.61 Å². The summed E-state index contributed by atoms with van der Waals surface area (Å²) in [6, 6.07) is 19.9. The van der Waals surface area contributed by atoms with Crippen LogP contribution in [0.1, 0.15) is 5.56 Å². The fraction of sp³-hybridized carbons (Fsp3) is 0.0556. The van der Waals surface area contributed by atoms with Crippen LogP contribution in [-0.2, 0) is 6.61 Å². The van der Waals surface area contributed by atoms with Gasteiger partial charge in [0.2, 0.25) is 0 Å². The fourth-order valence-corrected chi connectivity index (χ4v) is 2.60. The number of para-hydroxylation sites is 2. The van der Waals surface area contributed by atoms with Crippen LogP contribution in [0, 0.1) is 0 Å². The molecule has 108 valence electrons. The van der Waals surface area contributed by atoms with Gasteiger partial charge in [-0.3, -0.25) is 0 Å². The number of benzene rings is 2. The van der Waals surface area contributed by atoms with Gasteiger partial charge < -0.3 is 9.52 Å². The van der Waals surface area contributed by atoms with Crippen molar-refractivity contribution >= 4 is 10.9 Å². The summed E-state index contributed by atoms with van der Waals surface area (Å²) in [6.07, 6.45) is 1.56. The van der Waals surface area contributed by atoms with Crippen molar-refractivity contribution in [3.05, 3.63) is 72.5 Å². The highest BCUT2D eigenvalue weighted by atomic mass is 16.3. The van der Waals surface area contributed by atoms with E-state index in [1.807, 2.05) is 65.3 Å². The minimum Gasteiger partial charge on any atom is -0.462 e. The first-order chi connectivity index (χ1) is 10.9. The Balaban J connectivity index is 1.97. The number of aromatic nitrogens is 2. The van der Waals surface area contributed by atoms with Crippen LogP contribution in [0.2, 0.25) is 0 Å². The normalized spacial score (nSPS) is 11.1. The van der Waals surface area contributed by atoms with Crippen molar-refractivity contribution in [3.8, 4) is 17.1 Å². The summed E-state index contributed by atoms with van der Waals surface area (Å²) in [5.41, 5.74) is 3.54. The highest BCUT2D eigenvalue weighted by Gasteiger charge is 2.15. The van der Waals surface area contributed by atoms with E-state index in [1.165, 1.54) is 0 Å². The third kappa shape index (κ3) is 2.01. The van der Waals surface area contributed by atoms with Crippen LogP contribution >= 0.6 is 0 Å². The quantitative estimate of drug-likeness (QED) is 0.624. The van der Waals surface area contributed by atoms with Gasteiger partial charge in [-0.1, -0.05) is 36.4 Å². The molecule has 0 aliphatic carbocycles. The van der Waals surface area contributed by atoms with E-state index < -0.39 is 0 Å². The summed E-state index contributed by atoms with van der Waals surface area (Å²) in [7, 11) is 0. The molecule has 0 aliphatic heterocycles. The molecule has 2 aromatic carbocycles. The second-order valence-electron chi connectivity index (χ2n) is 5.09. The van der Waals surface area contributed by atoms with Gasteiger partial charge in [0.25, 0.3) is 0 Å². The first kappa shape index (κ1) is 12.9. The molecule has 22 heavy (non-hydrogen) atoms. The summed E-state index contributed by atoms with van der Waals surface area (Å²) in [5.74, 6) is 0.662. The first-order valence-electron chi connectivity index (χ1n) is 7.08. The molecule has 0 radical (unpaired) electrons. The van der Waals surface area contributed by atoms with Crippen LogP contribution < -0.4 is 0 Å². The summed E-state index contributed by atoms with van der Waals surface area (Å²) in [4.78, 5) is 0. The maximum atomic E-state index is 9.21. The molecular weight excluding hydrogens is 276 g/mol. The van der Waals surface area contributed by atoms with E-state index in [0.717, 1.165) is 27.8 Å².